The van der Waals surface area contributed by atoms with Gasteiger partial charge in [-0.2, -0.15) is 5.10 Å². The van der Waals surface area contributed by atoms with E-state index in [4.69, 9.17) is 0 Å². The fourth-order valence-corrected chi connectivity index (χ4v) is 3.21. The lowest BCUT2D eigenvalue weighted by atomic mass is 10.1. The number of aromatic nitrogens is 2. The molecule has 1 aromatic rings. The molecule has 2 heterocycles. The summed E-state index contributed by atoms with van der Waals surface area (Å²) in [5.41, 5.74) is 2.58. The first-order chi connectivity index (χ1) is 5.99. The van der Waals surface area contributed by atoms with Crippen molar-refractivity contribution in [3.8, 4) is 0 Å². The van der Waals surface area contributed by atoms with Crippen molar-refractivity contribution >= 4 is 9.84 Å². The molecule has 4 nitrogen and oxygen atoms in total. The zero-order chi connectivity index (χ0) is 9.64. The molecule has 5 heteroatoms. The third kappa shape index (κ3) is 1.37. The molecule has 0 aromatic carbocycles. The predicted octanol–water partition coefficient (Wildman–Crippen LogP) is 0.962. The van der Waals surface area contributed by atoms with Crippen LogP contribution in [-0.2, 0) is 21.3 Å². The Kier molecular flexibility index (Phi) is 1.73. The smallest absolute Gasteiger partial charge is 0.160 e. The van der Waals surface area contributed by atoms with Gasteiger partial charge >= 0.3 is 0 Å². The Morgan fingerprint density at radius 2 is 2.08 bits per heavy atom. The molecule has 1 aliphatic heterocycles. The minimum atomic E-state index is -2.89. The lowest BCUT2D eigenvalue weighted by Gasteiger charge is -2.00. The molecule has 1 aliphatic rings. The third-order valence-electron chi connectivity index (χ3n) is 2.26. The molecular formula is C8H12N2O2S. The largest absolute Gasteiger partial charge is 0.281 e. The van der Waals surface area contributed by atoms with Crippen LogP contribution in [0.2, 0.25) is 0 Å². The number of hydrogen-bond donors (Lipinski definition) is 1. The number of nitrogens with zero attached hydrogens (tertiary/aromatic N) is 1. The topological polar surface area (TPSA) is 62.8 Å². The molecule has 72 valence electrons. The van der Waals surface area contributed by atoms with Gasteiger partial charge in [0, 0.05) is 5.56 Å². The Hall–Kier alpha value is -0.840. The van der Waals surface area contributed by atoms with Crippen LogP contribution in [0.5, 0.6) is 0 Å². The SMILES string of the molecule is CC(C)c1n[nH]c2c1CS(=O)(=O)C2. The second-order valence-corrected chi connectivity index (χ2v) is 5.82. The first kappa shape index (κ1) is 8.74. The summed E-state index contributed by atoms with van der Waals surface area (Å²) in [5, 5.41) is 6.91. The maximum Gasteiger partial charge on any atom is 0.160 e. The van der Waals surface area contributed by atoms with Gasteiger partial charge in [0.15, 0.2) is 9.84 Å². The highest BCUT2D eigenvalue weighted by atomic mass is 32.2. The van der Waals surface area contributed by atoms with Gasteiger partial charge in [-0.15, -0.1) is 0 Å². The first-order valence-corrected chi connectivity index (χ1v) is 6.08. The summed E-state index contributed by atoms with van der Waals surface area (Å²) in [6, 6.07) is 0. The van der Waals surface area contributed by atoms with Crippen molar-refractivity contribution in [3.63, 3.8) is 0 Å². The summed E-state index contributed by atoms with van der Waals surface area (Å²) >= 11 is 0. The molecule has 0 aliphatic carbocycles. The van der Waals surface area contributed by atoms with E-state index < -0.39 is 9.84 Å². The third-order valence-corrected chi connectivity index (χ3v) is 3.72. The van der Waals surface area contributed by atoms with Crippen LogP contribution in [0.15, 0.2) is 0 Å². The van der Waals surface area contributed by atoms with Crippen LogP contribution in [0.1, 0.15) is 36.7 Å². The molecule has 1 N–H and O–H groups in total. The average Bonchev–Trinajstić information content (AvgIpc) is 2.41. The molecule has 0 saturated carbocycles. The van der Waals surface area contributed by atoms with Crippen molar-refractivity contribution in [1.82, 2.24) is 10.2 Å². The molecular weight excluding hydrogens is 188 g/mol. The van der Waals surface area contributed by atoms with Crippen LogP contribution in [0, 0.1) is 0 Å². The summed E-state index contributed by atoms with van der Waals surface area (Å²) < 4.78 is 22.6. The number of rotatable bonds is 1. The Morgan fingerprint density at radius 3 is 2.69 bits per heavy atom. The molecule has 0 fully saturated rings. The van der Waals surface area contributed by atoms with Crippen LogP contribution in [0.4, 0.5) is 0 Å². The van der Waals surface area contributed by atoms with Gasteiger partial charge in [-0.3, -0.25) is 5.10 Å². The lowest BCUT2D eigenvalue weighted by molar-refractivity contribution is 0.597. The van der Waals surface area contributed by atoms with Crippen LogP contribution in [0.25, 0.3) is 0 Å². The minimum absolute atomic E-state index is 0.127. The Bertz CT molecular complexity index is 431. The Morgan fingerprint density at radius 1 is 1.38 bits per heavy atom. The fraction of sp³-hybridized carbons (Fsp3) is 0.625. The van der Waals surface area contributed by atoms with Crippen molar-refractivity contribution in [2.24, 2.45) is 0 Å². The van der Waals surface area contributed by atoms with Gasteiger partial charge in [-0.05, 0) is 5.92 Å². The zero-order valence-electron chi connectivity index (χ0n) is 7.66. The standard InChI is InChI=1S/C8H12N2O2S/c1-5(2)8-6-3-13(11,12)4-7(6)9-10-8/h5H,3-4H2,1-2H3,(H,9,10). The van der Waals surface area contributed by atoms with Crippen LogP contribution >= 0.6 is 0 Å². The Balaban J connectivity index is 2.49. The summed E-state index contributed by atoms with van der Waals surface area (Å²) in [6.07, 6.45) is 0. The van der Waals surface area contributed by atoms with Crippen molar-refractivity contribution in [2.75, 3.05) is 0 Å². The molecule has 0 saturated heterocycles. The van der Waals surface area contributed by atoms with E-state index in [9.17, 15) is 8.42 Å². The molecule has 0 unspecified atom stereocenters. The Labute approximate surface area is 77.3 Å². The quantitative estimate of drug-likeness (QED) is 0.734. The van der Waals surface area contributed by atoms with Gasteiger partial charge in [0.05, 0.1) is 22.9 Å². The lowest BCUT2D eigenvalue weighted by Crippen LogP contribution is -2.00. The summed E-state index contributed by atoms with van der Waals surface area (Å²) in [5.74, 6) is 0.572. The van der Waals surface area contributed by atoms with Gasteiger partial charge in [-0.1, -0.05) is 13.8 Å². The highest BCUT2D eigenvalue weighted by Crippen LogP contribution is 2.29. The van der Waals surface area contributed by atoms with E-state index in [2.05, 4.69) is 10.2 Å². The van der Waals surface area contributed by atoms with E-state index in [1.807, 2.05) is 13.8 Å². The van der Waals surface area contributed by atoms with Gasteiger partial charge < -0.3 is 0 Å². The number of aromatic amines is 1. The maximum atomic E-state index is 11.3. The zero-order valence-corrected chi connectivity index (χ0v) is 8.48. The van der Waals surface area contributed by atoms with Crippen molar-refractivity contribution in [2.45, 2.75) is 31.3 Å². The van der Waals surface area contributed by atoms with E-state index in [1.165, 1.54) is 0 Å². The summed E-state index contributed by atoms with van der Waals surface area (Å²) in [7, 11) is -2.89. The van der Waals surface area contributed by atoms with E-state index >= 15 is 0 Å². The van der Waals surface area contributed by atoms with E-state index in [-0.39, 0.29) is 17.4 Å². The highest BCUT2D eigenvalue weighted by Gasteiger charge is 2.30. The van der Waals surface area contributed by atoms with Crippen LogP contribution in [-0.4, -0.2) is 18.6 Å². The molecule has 0 spiro atoms. The molecule has 0 amide bonds. The number of hydrogen-bond acceptors (Lipinski definition) is 3. The molecule has 13 heavy (non-hydrogen) atoms. The second kappa shape index (κ2) is 2.57. The van der Waals surface area contributed by atoms with Crippen LogP contribution < -0.4 is 0 Å². The van der Waals surface area contributed by atoms with E-state index in [0.717, 1.165) is 17.0 Å². The second-order valence-electron chi connectivity index (χ2n) is 3.75. The summed E-state index contributed by atoms with van der Waals surface area (Å²) in [4.78, 5) is 0. The van der Waals surface area contributed by atoms with Crippen molar-refractivity contribution < 1.29 is 8.42 Å². The normalized spacial score (nSPS) is 19.3. The van der Waals surface area contributed by atoms with Crippen LogP contribution in [0.3, 0.4) is 0 Å². The van der Waals surface area contributed by atoms with Crippen molar-refractivity contribution in [1.29, 1.82) is 0 Å². The molecule has 2 rings (SSSR count). The maximum absolute atomic E-state index is 11.3. The van der Waals surface area contributed by atoms with Gasteiger partial charge in [0.25, 0.3) is 0 Å². The average molecular weight is 200 g/mol. The van der Waals surface area contributed by atoms with E-state index in [0.29, 0.717) is 0 Å². The van der Waals surface area contributed by atoms with Gasteiger partial charge in [0.1, 0.15) is 0 Å². The highest BCUT2D eigenvalue weighted by molar-refractivity contribution is 7.90. The predicted molar refractivity (Wildman–Crippen MR) is 49.0 cm³/mol. The first-order valence-electron chi connectivity index (χ1n) is 4.26. The number of nitrogens with one attached hydrogen (secondary N) is 1. The minimum Gasteiger partial charge on any atom is -0.281 e. The van der Waals surface area contributed by atoms with E-state index in [1.54, 1.807) is 0 Å². The molecule has 0 atom stereocenters. The van der Waals surface area contributed by atoms with Gasteiger partial charge in [-0.25, -0.2) is 8.42 Å². The van der Waals surface area contributed by atoms with Crippen molar-refractivity contribution in [3.05, 3.63) is 17.0 Å². The molecule has 1 aromatic heterocycles. The number of H-pyrrole nitrogens is 1. The van der Waals surface area contributed by atoms with Gasteiger partial charge in [0.2, 0.25) is 0 Å². The fourth-order valence-electron chi connectivity index (χ4n) is 1.67. The summed E-state index contributed by atoms with van der Waals surface area (Å²) in [6.45, 7) is 4.03. The monoisotopic (exact) mass is 200 g/mol. The number of sulfone groups is 1. The molecule has 0 radical (unpaired) electrons. The number of fused-ring (bicyclic) bond motifs is 1. The molecule has 0 bridgehead atoms.